The van der Waals surface area contributed by atoms with Crippen molar-refractivity contribution in [1.82, 2.24) is 0 Å². The van der Waals surface area contributed by atoms with Gasteiger partial charge >= 0.3 is 0 Å². The van der Waals surface area contributed by atoms with Crippen LogP contribution in [0.5, 0.6) is 5.75 Å². The van der Waals surface area contributed by atoms with E-state index in [2.05, 4.69) is 5.16 Å². The number of ether oxygens (including phenoxy) is 1. The molecular formula is C16H13NO3. The molecule has 1 N–H and O–H groups in total. The first kappa shape index (κ1) is 12.4. The molecule has 100 valence electrons. The fourth-order valence-corrected chi connectivity index (χ4v) is 2.28. The fraction of sp³-hybridized carbons (Fsp3) is 0.125. The Morgan fingerprint density at radius 2 is 2.00 bits per heavy atom. The molecule has 0 saturated heterocycles. The smallest absolute Gasteiger partial charge is 0.197 e. The van der Waals surface area contributed by atoms with Gasteiger partial charge in [0.1, 0.15) is 12.4 Å². The maximum atomic E-state index is 12.6. The Kier molecular flexibility index (Phi) is 2.99. The minimum Gasteiger partial charge on any atom is -0.488 e. The van der Waals surface area contributed by atoms with E-state index in [0.29, 0.717) is 34.8 Å². The molecule has 2 aromatic carbocycles. The number of rotatable bonds is 1. The molecular weight excluding hydrogens is 254 g/mol. The Morgan fingerprint density at radius 1 is 1.20 bits per heavy atom. The number of carbonyl (C=O) groups excluding carboxylic acids is 1. The number of fused-ring (bicyclic) bond motifs is 2. The highest BCUT2D eigenvalue weighted by molar-refractivity contribution is 6.13. The van der Waals surface area contributed by atoms with Crippen molar-refractivity contribution >= 4 is 11.5 Å². The lowest BCUT2D eigenvalue weighted by molar-refractivity contribution is 0.103. The normalized spacial score (nSPS) is 14.1. The molecule has 1 heterocycles. The zero-order chi connectivity index (χ0) is 14.1. The molecule has 0 unspecified atom stereocenters. The van der Waals surface area contributed by atoms with Crippen LogP contribution in [-0.2, 0) is 6.61 Å². The zero-order valence-electron chi connectivity index (χ0n) is 11.0. The highest BCUT2D eigenvalue weighted by Crippen LogP contribution is 2.29. The molecule has 1 aliphatic heterocycles. The number of benzene rings is 2. The van der Waals surface area contributed by atoms with Gasteiger partial charge in [0, 0.05) is 11.1 Å². The lowest BCUT2D eigenvalue weighted by Crippen LogP contribution is -2.04. The van der Waals surface area contributed by atoms with Gasteiger partial charge in [-0.2, -0.15) is 0 Å². The summed E-state index contributed by atoms with van der Waals surface area (Å²) in [5.74, 6) is 0.487. The van der Waals surface area contributed by atoms with E-state index in [1.807, 2.05) is 18.2 Å². The van der Waals surface area contributed by atoms with Gasteiger partial charge in [0.25, 0.3) is 0 Å². The molecule has 20 heavy (non-hydrogen) atoms. The van der Waals surface area contributed by atoms with Crippen LogP contribution in [0.3, 0.4) is 0 Å². The average Bonchev–Trinajstić information content (AvgIpc) is 2.64. The van der Waals surface area contributed by atoms with Crippen LogP contribution in [-0.4, -0.2) is 16.7 Å². The minimum atomic E-state index is -0.0688. The fourth-order valence-electron chi connectivity index (χ4n) is 2.28. The molecule has 0 aliphatic carbocycles. The van der Waals surface area contributed by atoms with Gasteiger partial charge in [-0.05, 0) is 30.7 Å². The summed E-state index contributed by atoms with van der Waals surface area (Å²) in [5.41, 5.74) is 3.18. The van der Waals surface area contributed by atoms with E-state index in [-0.39, 0.29) is 5.78 Å². The van der Waals surface area contributed by atoms with Crippen molar-refractivity contribution in [2.24, 2.45) is 5.16 Å². The molecule has 2 aromatic rings. The van der Waals surface area contributed by atoms with Crippen LogP contribution in [0.1, 0.15) is 34.0 Å². The Bertz CT molecular complexity index is 719. The van der Waals surface area contributed by atoms with Crippen molar-refractivity contribution in [3.05, 3.63) is 64.7 Å². The van der Waals surface area contributed by atoms with E-state index in [4.69, 9.17) is 9.94 Å². The van der Waals surface area contributed by atoms with Crippen molar-refractivity contribution in [3.8, 4) is 5.75 Å². The van der Waals surface area contributed by atoms with Gasteiger partial charge < -0.3 is 9.94 Å². The van der Waals surface area contributed by atoms with Crippen LogP contribution in [0, 0.1) is 0 Å². The largest absolute Gasteiger partial charge is 0.488 e. The van der Waals surface area contributed by atoms with Crippen LogP contribution < -0.4 is 4.74 Å². The topological polar surface area (TPSA) is 58.9 Å². The number of ketones is 1. The predicted molar refractivity (Wildman–Crippen MR) is 74.6 cm³/mol. The zero-order valence-corrected chi connectivity index (χ0v) is 11.0. The molecule has 0 bridgehead atoms. The summed E-state index contributed by atoms with van der Waals surface area (Å²) in [6.07, 6.45) is 0. The van der Waals surface area contributed by atoms with E-state index in [1.165, 1.54) is 0 Å². The molecule has 0 amide bonds. The van der Waals surface area contributed by atoms with Crippen LogP contribution in [0.4, 0.5) is 0 Å². The molecule has 0 atom stereocenters. The molecule has 0 aromatic heterocycles. The molecule has 0 saturated carbocycles. The third kappa shape index (κ3) is 1.95. The summed E-state index contributed by atoms with van der Waals surface area (Å²) in [7, 11) is 0. The van der Waals surface area contributed by atoms with Gasteiger partial charge in [-0.25, -0.2) is 0 Å². The van der Waals surface area contributed by atoms with Crippen LogP contribution >= 0.6 is 0 Å². The van der Waals surface area contributed by atoms with Gasteiger partial charge in [-0.3, -0.25) is 4.79 Å². The second kappa shape index (κ2) is 4.81. The van der Waals surface area contributed by atoms with E-state index in [9.17, 15) is 4.79 Å². The monoisotopic (exact) mass is 267 g/mol. The van der Waals surface area contributed by atoms with Gasteiger partial charge in [0.15, 0.2) is 5.78 Å². The maximum absolute atomic E-state index is 12.6. The molecule has 3 rings (SSSR count). The lowest BCUT2D eigenvalue weighted by Gasteiger charge is -2.07. The number of carbonyl (C=O) groups is 1. The Labute approximate surface area is 116 Å². The second-order valence-electron chi connectivity index (χ2n) is 4.67. The highest BCUT2D eigenvalue weighted by atomic mass is 16.5. The predicted octanol–water partition coefficient (Wildman–Crippen LogP) is 3.01. The third-order valence-electron chi connectivity index (χ3n) is 3.44. The molecule has 4 nitrogen and oxygen atoms in total. The van der Waals surface area contributed by atoms with Crippen molar-refractivity contribution in [1.29, 1.82) is 0 Å². The van der Waals surface area contributed by atoms with E-state index < -0.39 is 0 Å². The van der Waals surface area contributed by atoms with Crippen molar-refractivity contribution in [2.75, 3.05) is 0 Å². The summed E-state index contributed by atoms with van der Waals surface area (Å²) < 4.78 is 5.69. The van der Waals surface area contributed by atoms with Crippen molar-refractivity contribution in [2.45, 2.75) is 13.5 Å². The van der Waals surface area contributed by atoms with E-state index >= 15 is 0 Å². The Morgan fingerprint density at radius 3 is 2.80 bits per heavy atom. The summed E-state index contributed by atoms with van der Waals surface area (Å²) >= 11 is 0. The van der Waals surface area contributed by atoms with Gasteiger partial charge in [-0.1, -0.05) is 29.4 Å². The standard InChI is InChI=1S/C16H13NO3/c1-10(17-19)11-6-7-15-14(8-11)16(18)13-5-3-2-4-12(13)9-20-15/h2-8,19H,9H2,1H3. The Balaban J connectivity index is 2.16. The summed E-state index contributed by atoms with van der Waals surface area (Å²) in [5, 5.41) is 12.0. The SMILES string of the molecule is CC(=NO)c1ccc2c(c1)C(=O)c1ccccc1CO2. The molecule has 0 spiro atoms. The van der Waals surface area contributed by atoms with Crippen LogP contribution in [0.25, 0.3) is 0 Å². The molecule has 0 radical (unpaired) electrons. The van der Waals surface area contributed by atoms with Crippen LogP contribution in [0.2, 0.25) is 0 Å². The number of nitrogens with zero attached hydrogens (tertiary/aromatic N) is 1. The summed E-state index contributed by atoms with van der Waals surface area (Å²) in [4.78, 5) is 12.6. The molecule has 0 fully saturated rings. The lowest BCUT2D eigenvalue weighted by atomic mass is 9.97. The average molecular weight is 267 g/mol. The third-order valence-corrected chi connectivity index (χ3v) is 3.44. The minimum absolute atomic E-state index is 0.0688. The quantitative estimate of drug-likeness (QED) is 0.491. The summed E-state index contributed by atoms with van der Waals surface area (Å²) in [6.45, 7) is 2.05. The first-order valence-electron chi connectivity index (χ1n) is 6.29. The maximum Gasteiger partial charge on any atom is 0.197 e. The molecule has 4 heteroatoms. The first-order valence-corrected chi connectivity index (χ1v) is 6.29. The highest BCUT2D eigenvalue weighted by Gasteiger charge is 2.22. The number of hydrogen-bond donors (Lipinski definition) is 1. The first-order chi connectivity index (χ1) is 9.70. The van der Waals surface area contributed by atoms with Crippen molar-refractivity contribution < 1.29 is 14.7 Å². The molecule has 1 aliphatic rings. The van der Waals surface area contributed by atoms with E-state index in [1.54, 1.807) is 31.2 Å². The van der Waals surface area contributed by atoms with Gasteiger partial charge in [0.05, 0.1) is 11.3 Å². The van der Waals surface area contributed by atoms with Crippen LogP contribution in [0.15, 0.2) is 47.6 Å². The summed E-state index contributed by atoms with van der Waals surface area (Å²) in [6, 6.07) is 12.6. The van der Waals surface area contributed by atoms with Gasteiger partial charge in [0.2, 0.25) is 0 Å². The Hall–Kier alpha value is -2.62. The number of hydrogen-bond acceptors (Lipinski definition) is 4. The van der Waals surface area contributed by atoms with E-state index in [0.717, 1.165) is 5.56 Å². The number of oxime groups is 1. The van der Waals surface area contributed by atoms with Crippen molar-refractivity contribution in [3.63, 3.8) is 0 Å². The van der Waals surface area contributed by atoms with Gasteiger partial charge in [-0.15, -0.1) is 0 Å². The second-order valence-corrected chi connectivity index (χ2v) is 4.67.